The van der Waals surface area contributed by atoms with Gasteiger partial charge in [-0.05, 0) is 61.3 Å². The Labute approximate surface area is 121 Å². The fourth-order valence-electron chi connectivity index (χ4n) is 3.34. The van der Waals surface area contributed by atoms with Gasteiger partial charge in [0.2, 0.25) is 0 Å². The molecule has 1 aromatic heterocycles. The first kappa shape index (κ1) is 13.3. The molecule has 0 radical (unpaired) electrons. The number of benzene rings is 1. The summed E-state index contributed by atoms with van der Waals surface area (Å²) in [5.74, 6) is 0.685. The molecule has 1 aliphatic carbocycles. The molecule has 1 saturated carbocycles. The molecule has 1 aliphatic rings. The third kappa shape index (κ3) is 3.07. The zero-order chi connectivity index (χ0) is 13.8. The quantitative estimate of drug-likeness (QED) is 0.920. The molecule has 2 N–H and O–H groups in total. The Bertz CT molecular complexity index is 528. The Morgan fingerprint density at radius 1 is 1.00 bits per heavy atom. The van der Waals surface area contributed by atoms with E-state index >= 15 is 0 Å². The molecule has 2 nitrogen and oxygen atoms in total. The van der Waals surface area contributed by atoms with Gasteiger partial charge in [-0.3, -0.25) is 4.98 Å². The lowest BCUT2D eigenvalue weighted by molar-refractivity contribution is 0.271. The number of rotatable bonds is 3. The number of aromatic nitrogens is 1. The average Bonchev–Trinajstić information content (AvgIpc) is 2.50. The molecule has 20 heavy (non-hydrogen) atoms. The highest BCUT2D eigenvalue weighted by molar-refractivity contribution is 5.21. The molecule has 0 atom stereocenters. The highest BCUT2D eigenvalue weighted by atomic mass is 14.7. The van der Waals surface area contributed by atoms with E-state index < -0.39 is 0 Å². The Hall–Kier alpha value is -1.67. The lowest BCUT2D eigenvalue weighted by atomic mass is 9.72. The topological polar surface area (TPSA) is 38.9 Å². The summed E-state index contributed by atoms with van der Waals surface area (Å²) in [7, 11) is 0. The summed E-state index contributed by atoms with van der Waals surface area (Å²) < 4.78 is 0. The van der Waals surface area contributed by atoms with Crippen molar-refractivity contribution in [3.63, 3.8) is 0 Å². The second kappa shape index (κ2) is 5.76. The molecular formula is C18H22N2. The Morgan fingerprint density at radius 3 is 2.30 bits per heavy atom. The second-order valence-electron chi connectivity index (χ2n) is 6.08. The van der Waals surface area contributed by atoms with Crippen LogP contribution in [0.1, 0.15) is 42.7 Å². The smallest absolute Gasteiger partial charge is 0.0270 e. The first-order valence-corrected chi connectivity index (χ1v) is 7.48. The van der Waals surface area contributed by atoms with Crippen molar-refractivity contribution < 1.29 is 0 Å². The van der Waals surface area contributed by atoms with Crippen molar-refractivity contribution in [2.75, 3.05) is 0 Å². The van der Waals surface area contributed by atoms with Crippen LogP contribution in [0.3, 0.4) is 0 Å². The van der Waals surface area contributed by atoms with E-state index in [9.17, 15) is 0 Å². The van der Waals surface area contributed by atoms with Crippen LogP contribution in [0.25, 0.3) is 0 Å². The summed E-state index contributed by atoms with van der Waals surface area (Å²) in [4.78, 5) is 4.07. The average molecular weight is 266 g/mol. The van der Waals surface area contributed by atoms with Crippen molar-refractivity contribution in [2.45, 2.75) is 43.6 Å². The van der Waals surface area contributed by atoms with Crippen LogP contribution in [-0.2, 0) is 6.42 Å². The van der Waals surface area contributed by atoms with Gasteiger partial charge in [0, 0.05) is 17.9 Å². The van der Waals surface area contributed by atoms with E-state index in [2.05, 4.69) is 47.4 Å². The molecule has 1 fully saturated rings. The number of nitrogens with two attached hydrogens (primary N) is 1. The van der Waals surface area contributed by atoms with E-state index in [0.29, 0.717) is 5.92 Å². The van der Waals surface area contributed by atoms with Gasteiger partial charge in [0.1, 0.15) is 0 Å². The van der Waals surface area contributed by atoms with Gasteiger partial charge >= 0.3 is 0 Å². The van der Waals surface area contributed by atoms with E-state index in [0.717, 1.165) is 19.3 Å². The van der Waals surface area contributed by atoms with Crippen LogP contribution in [0.4, 0.5) is 0 Å². The second-order valence-corrected chi connectivity index (χ2v) is 6.08. The van der Waals surface area contributed by atoms with Gasteiger partial charge in [0.15, 0.2) is 0 Å². The largest absolute Gasteiger partial charge is 0.325 e. The van der Waals surface area contributed by atoms with Crippen LogP contribution in [0.2, 0.25) is 0 Å². The van der Waals surface area contributed by atoms with Crippen molar-refractivity contribution in [1.82, 2.24) is 4.98 Å². The van der Waals surface area contributed by atoms with Crippen LogP contribution in [0.5, 0.6) is 0 Å². The molecule has 2 aromatic rings. The van der Waals surface area contributed by atoms with Crippen LogP contribution in [0.15, 0.2) is 54.9 Å². The zero-order valence-electron chi connectivity index (χ0n) is 11.8. The molecular weight excluding hydrogens is 244 g/mol. The molecule has 0 spiro atoms. The molecule has 3 rings (SSSR count). The van der Waals surface area contributed by atoms with Gasteiger partial charge in [-0.15, -0.1) is 0 Å². The summed E-state index contributed by atoms with van der Waals surface area (Å²) in [6, 6.07) is 15.0. The minimum atomic E-state index is -0.0351. The Kier molecular flexibility index (Phi) is 3.83. The summed E-state index contributed by atoms with van der Waals surface area (Å²) in [5, 5.41) is 0. The van der Waals surface area contributed by atoms with Gasteiger partial charge in [-0.2, -0.15) is 0 Å². The van der Waals surface area contributed by atoms with Crippen molar-refractivity contribution in [1.29, 1.82) is 0 Å². The molecule has 0 saturated heterocycles. The molecule has 2 heteroatoms. The van der Waals surface area contributed by atoms with Gasteiger partial charge in [0.05, 0.1) is 0 Å². The molecule has 104 valence electrons. The van der Waals surface area contributed by atoms with Gasteiger partial charge in [0.25, 0.3) is 0 Å². The van der Waals surface area contributed by atoms with Crippen molar-refractivity contribution in [3.8, 4) is 0 Å². The zero-order valence-corrected chi connectivity index (χ0v) is 11.8. The van der Waals surface area contributed by atoms with E-state index in [-0.39, 0.29) is 5.54 Å². The summed E-state index contributed by atoms with van der Waals surface area (Å²) in [5.41, 5.74) is 9.35. The first-order chi connectivity index (χ1) is 9.75. The van der Waals surface area contributed by atoms with Gasteiger partial charge < -0.3 is 5.73 Å². The standard InChI is InChI=1S/C18H22N2/c19-18(14-15-8-12-20-13-9-15)10-6-17(7-11-18)16-4-2-1-3-5-16/h1-5,8-9,12-13,17H,6-7,10-11,14,19H2. The van der Waals surface area contributed by atoms with Crippen molar-refractivity contribution in [3.05, 3.63) is 66.0 Å². The fourth-order valence-corrected chi connectivity index (χ4v) is 3.34. The van der Waals surface area contributed by atoms with Crippen LogP contribution < -0.4 is 5.73 Å². The van der Waals surface area contributed by atoms with E-state index in [1.54, 1.807) is 0 Å². The third-order valence-electron chi connectivity index (χ3n) is 4.56. The molecule has 0 aliphatic heterocycles. The maximum atomic E-state index is 6.61. The summed E-state index contributed by atoms with van der Waals surface area (Å²) >= 11 is 0. The first-order valence-electron chi connectivity index (χ1n) is 7.48. The minimum Gasteiger partial charge on any atom is -0.325 e. The predicted octanol–water partition coefficient (Wildman–Crippen LogP) is 3.68. The van der Waals surface area contributed by atoms with Gasteiger partial charge in [-0.1, -0.05) is 30.3 Å². The number of pyridine rings is 1. The molecule has 0 amide bonds. The summed E-state index contributed by atoms with van der Waals surface area (Å²) in [6.45, 7) is 0. The number of hydrogen-bond donors (Lipinski definition) is 1. The van der Waals surface area contributed by atoms with E-state index in [1.165, 1.54) is 24.0 Å². The fraction of sp³-hybridized carbons (Fsp3) is 0.389. The maximum Gasteiger partial charge on any atom is 0.0270 e. The molecule has 0 bridgehead atoms. The van der Waals surface area contributed by atoms with Crippen LogP contribution in [-0.4, -0.2) is 10.5 Å². The highest BCUT2D eigenvalue weighted by Crippen LogP contribution is 2.38. The van der Waals surface area contributed by atoms with E-state index in [4.69, 9.17) is 5.73 Å². The monoisotopic (exact) mass is 266 g/mol. The highest BCUT2D eigenvalue weighted by Gasteiger charge is 2.32. The lowest BCUT2D eigenvalue weighted by Gasteiger charge is -2.37. The lowest BCUT2D eigenvalue weighted by Crippen LogP contribution is -2.45. The van der Waals surface area contributed by atoms with Crippen LogP contribution in [0, 0.1) is 0 Å². The normalized spacial score (nSPS) is 26.4. The molecule has 1 aromatic carbocycles. The SMILES string of the molecule is NC1(Cc2ccncc2)CCC(c2ccccc2)CC1. The molecule has 0 unspecified atom stereocenters. The maximum absolute atomic E-state index is 6.61. The number of nitrogens with zero attached hydrogens (tertiary/aromatic N) is 1. The van der Waals surface area contributed by atoms with Crippen LogP contribution >= 0.6 is 0 Å². The summed E-state index contributed by atoms with van der Waals surface area (Å²) in [6.07, 6.45) is 9.29. The predicted molar refractivity (Wildman–Crippen MR) is 82.5 cm³/mol. The third-order valence-corrected chi connectivity index (χ3v) is 4.56. The van der Waals surface area contributed by atoms with E-state index in [1.807, 2.05) is 12.4 Å². The molecule has 1 heterocycles. The van der Waals surface area contributed by atoms with Gasteiger partial charge in [-0.25, -0.2) is 0 Å². The van der Waals surface area contributed by atoms with Crippen molar-refractivity contribution in [2.24, 2.45) is 5.73 Å². The minimum absolute atomic E-state index is 0.0351. The number of hydrogen-bond acceptors (Lipinski definition) is 2. The Balaban J connectivity index is 1.63. The van der Waals surface area contributed by atoms with Crippen molar-refractivity contribution >= 4 is 0 Å². The Morgan fingerprint density at radius 2 is 1.65 bits per heavy atom.